The first kappa shape index (κ1) is 19.5. The van der Waals surface area contributed by atoms with Crippen LogP contribution in [0.5, 0.6) is 0 Å². The van der Waals surface area contributed by atoms with E-state index in [1.54, 1.807) is 12.5 Å². The highest BCUT2D eigenvalue weighted by Crippen LogP contribution is 2.12. The molecule has 2 heterocycles. The van der Waals surface area contributed by atoms with Gasteiger partial charge in [0, 0.05) is 50.2 Å². The summed E-state index contributed by atoms with van der Waals surface area (Å²) in [6.45, 7) is 5.37. The number of carbonyl (C=O) groups excluding carboxylic acids is 1. The van der Waals surface area contributed by atoms with Crippen LogP contribution in [-0.2, 0) is 6.54 Å². The Labute approximate surface area is 148 Å². The van der Waals surface area contributed by atoms with Crippen molar-refractivity contribution in [2.75, 3.05) is 19.6 Å². The van der Waals surface area contributed by atoms with Crippen LogP contribution < -0.4 is 5.32 Å². The first-order valence-electron chi connectivity index (χ1n) is 7.30. The minimum atomic E-state index is 0. The number of aromatic nitrogens is 2. The van der Waals surface area contributed by atoms with Gasteiger partial charge in [0.2, 0.25) is 0 Å². The third-order valence-corrected chi connectivity index (χ3v) is 3.89. The summed E-state index contributed by atoms with van der Waals surface area (Å²) < 4.78 is 2.01. The molecule has 0 saturated carbocycles. The first-order valence-corrected chi connectivity index (χ1v) is 7.30. The van der Waals surface area contributed by atoms with E-state index < -0.39 is 0 Å². The molecule has 1 atom stereocenters. The lowest BCUT2D eigenvalue weighted by molar-refractivity contribution is 0.0656. The zero-order valence-electron chi connectivity index (χ0n) is 13.0. The highest BCUT2D eigenvalue weighted by atomic mass is 35.5. The lowest BCUT2D eigenvalue weighted by Gasteiger charge is -2.34. The largest absolute Gasteiger partial charge is 0.333 e. The summed E-state index contributed by atoms with van der Waals surface area (Å²) in [6.07, 6.45) is 5.49. The summed E-state index contributed by atoms with van der Waals surface area (Å²) in [5.74, 6) is 0.123. The molecule has 1 aliphatic rings. The Morgan fingerprint density at radius 3 is 2.65 bits per heavy atom. The van der Waals surface area contributed by atoms with Gasteiger partial charge in [-0.15, -0.1) is 24.8 Å². The number of hydrogen-bond acceptors (Lipinski definition) is 3. The van der Waals surface area contributed by atoms with E-state index in [4.69, 9.17) is 0 Å². The summed E-state index contributed by atoms with van der Waals surface area (Å²) in [5.41, 5.74) is 1.93. The van der Waals surface area contributed by atoms with Crippen molar-refractivity contribution in [1.82, 2.24) is 19.8 Å². The maximum absolute atomic E-state index is 12.5. The number of carbonyl (C=O) groups is 1. The van der Waals surface area contributed by atoms with E-state index in [0.717, 1.165) is 37.3 Å². The topological polar surface area (TPSA) is 50.2 Å². The zero-order valence-corrected chi connectivity index (χ0v) is 14.6. The van der Waals surface area contributed by atoms with Crippen LogP contribution in [0, 0.1) is 0 Å². The number of imidazole rings is 1. The van der Waals surface area contributed by atoms with Crippen LogP contribution in [-0.4, -0.2) is 46.0 Å². The zero-order chi connectivity index (χ0) is 14.7. The van der Waals surface area contributed by atoms with E-state index >= 15 is 0 Å². The molecule has 1 fully saturated rings. The molecule has 1 amide bonds. The summed E-state index contributed by atoms with van der Waals surface area (Å²) in [6, 6.07) is 8.12. The smallest absolute Gasteiger partial charge is 0.254 e. The minimum Gasteiger partial charge on any atom is -0.333 e. The van der Waals surface area contributed by atoms with Crippen LogP contribution in [0.25, 0.3) is 0 Å². The molecule has 0 radical (unpaired) electrons. The average Bonchev–Trinajstić information content (AvgIpc) is 3.01. The predicted octanol–water partition coefficient (Wildman–Crippen LogP) is 2.21. The van der Waals surface area contributed by atoms with Crippen molar-refractivity contribution in [3.8, 4) is 0 Å². The highest BCUT2D eigenvalue weighted by Gasteiger charge is 2.23. The van der Waals surface area contributed by atoms with Crippen molar-refractivity contribution in [2.24, 2.45) is 0 Å². The van der Waals surface area contributed by atoms with Gasteiger partial charge in [0.25, 0.3) is 5.91 Å². The second kappa shape index (κ2) is 8.91. The lowest BCUT2D eigenvalue weighted by atomic mass is 10.1. The fourth-order valence-electron chi connectivity index (χ4n) is 2.65. The summed E-state index contributed by atoms with van der Waals surface area (Å²) in [5, 5.41) is 3.30. The molecular formula is C16H22Cl2N4O. The molecule has 0 aliphatic carbocycles. The Hall–Kier alpha value is -1.56. The van der Waals surface area contributed by atoms with Crippen molar-refractivity contribution in [3.05, 3.63) is 54.1 Å². The monoisotopic (exact) mass is 356 g/mol. The van der Waals surface area contributed by atoms with Gasteiger partial charge in [-0.05, 0) is 24.6 Å². The van der Waals surface area contributed by atoms with Gasteiger partial charge >= 0.3 is 0 Å². The number of nitrogens with one attached hydrogen (secondary N) is 1. The molecule has 0 unspecified atom stereocenters. The molecule has 23 heavy (non-hydrogen) atoms. The Balaban J connectivity index is 0.00000132. The van der Waals surface area contributed by atoms with Crippen molar-refractivity contribution in [3.63, 3.8) is 0 Å². The minimum absolute atomic E-state index is 0. The van der Waals surface area contributed by atoms with E-state index in [2.05, 4.69) is 17.2 Å². The van der Waals surface area contributed by atoms with E-state index in [0.29, 0.717) is 0 Å². The van der Waals surface area contributed by atoms with Gasteiger partial charge in [-0.1, -0.05) is 12.1 Å². The molecule has 3 rings (SSSR count). The maximum atomic E-state index is 12.5. The lowest BCUT2D eigenvalue weighted by Crippen LogP contribution is -2.52. The number of rotatable bonds is 3. The van der Waals surface area contributed by atoms with Crippen LogP contribution >= 0.6 is 24.8 Å². The predicted molar refractivity (Wildman–Crippen MR) is 95.6 cm³/mol. The van der Waals surface area contributed by atoms with Crippen molar-refractivity contribution >= 4 is 30.7 Å². The molecule has 1 aromatic carbocycles. The Bertz CT molecular complexity index is 601. The quantitative estimate of drug-likeness (QED) is 0.916. The highest BCUT2D eigenvalue weighted by molar-refractivity contribution is 5.94. The third kappa shape index (κ3) is 4.70. The molecule has 1 N–H and O–H groups in total. The number of nitrogens with zero attached hydrogens (tertiary/aromatic N) is 3. The van der Waals surface area contributed by atoms with Crippen LogP contribution in [0.3, 0.4) is 0 Å². The molecule has 1 aromatic heterocycles. The van der Waals surface area contributed by atoms with Gasteiger partial charge in [0.1, 0.15) is 0 Å². The van der Waals surface area contributed by atoms with Crippen molar-refractivity contribution in [1.29, 1.82) is 0 Å². The SMILES string of the molecule is C[C@H]1CNCCN1C(=O)c1ccc(Cn2ccnc2)cc1.Cl.Cl. The Kier molecular flexibility index (Phi) is 7.55. The van der Waals surface area contributed by atoms with E-state index in [-0.39, 0.29) is 36.8 Å². The Morgan fingerprint density at radius 2 is 2.04 bits per heavy atom. The number of benzene rings is 1. The van der Waals surface area contributed by atoms with Gasteiger partial charge < -0.3 is 14.8 Å². The van der Waals surface area contributed by atoms with E-state index in [1.807, 2.05) is 39.9 Å². The Morgan fingerprint density at radius 1 is 1.30 bits per heavy atom. The number of halogens is 2. The summed E-state index contributed by atoms with van der Waals surface area (Å²) in [7, 11) is 0. The van der Waals surface area contributed by atoms with Crippen molar-refractivity contribution < 1.29 is 4.79 Å². The summed E-state index contributed by atoms with van der Waals surface area (Å²) in [4.78, 5) is 18.5. The van der Waals surface area contributed by atoms with Crippen LogP contribution in [0.15, 0.2) is 43.0 Å². The average molecular weight is 357 g/mol. The number of amides is 1. The van der Waals surface area contributed by atoms with Gasteiger partial charge in [0.15, 0.2) is 0 Å². The van der Waals surface area contributed by atoms with Crippen LogP contribution in [0.4, 0.5) is 0 Å². The van der Waals surface area contributed by atoms with Gasteiger partial charge in [0.05, 0.1) is 6.33 Å². The molecule has 5 nitrogen and oxygen atoms in total. The standard InChI is InChI=1S/C16H20N4O.2ClH/c1-13-10-17-7-9-20(13)16(21)15-4-2-14(3-5-15)11-19-8-6-18-12-19;;/h2-6,8,12-13,17H,7,9-11H2,1H3;2*1H/t13-;;/m0../s1. The first-order chi connectivity index (χ1) is 10.2. The molecule has 2 aromatic rings. The molecule has 7 heteroatoms. The fourth-order valence-corrected chi connectivity index (χ4v) is 2.65. The normalized spacial score (nSPS) is 17.1. The second-order valence-electron chi connectivity index (χ2n) is 5.48. The number of hydrogen-bond donors (Lipinski definition) is 1. The van der Waals surface area contributed by atoms with E-state index in [1.165, 1.54) is 0 Å². The van der Waals surface area contributed by atoms with E-state index in [9.17, 15) is 4.79 Å². The molecule has 0 spiro atoms. The molecule has 126 valence electrons. The third-order valence-electron chi connectivity index (χ3n) is 3.89. The summed E-state index contributed by atoms with van der Waals surface area (Å²) >= 11 is 0. The van der Waals surface area contributed by atoms with Crippen LogP contribution in [0.2, 0.25) is 0 Å². The maximum Gasteiger partial charge on any atom is 0.254 e. The van der Waals surface area contributed by atoms with Crippen LogP contribution in [0.1, 0.15) is 22.8 Å². The van der Waals surface area contributed by atoms with Crippen molar-refractivity contribution in [2.45, 2.75) is 19.5 Å². The van der Waals surface area contributed by atoms with Gasteiger partial charge in [-0.3, -0.25) is 4.79 Å². The molecule has 1 saturated heterocycles. The van der Waals surface area contributed by atoms with Gasteiger partial charge in [-0.25, -0.2) is 4.98 Å². The molecule has 0 bridgehead atoms. The molecule has 1 aliphatic heterocycles. The second-order valence-corrected chi connectivity index (χ2v) is 5.48. The molecular weight excluding hydrogens is 335 g/mol. The fraction of sp³-hybridized carbons (Fsp3) is 0.375. The van der Waals surface area contributed by atoms with Gasteiger partial charge in [-0.2, -0.15) is 0 Å². The number of piperazine rings is 1.